The number of carbonyl (C=O) groups excluding carboxylic acids is 1. The fourth-order valence-corrected chi connectivity index (χ4v) is 2.03. The molecule has 0 aliphatic rings. The van der Waals surface area contributed by atoms with Gasteiger partial charge in [0.2, 0.25) is 0 Å². The van der Waals surface area contributed by atoms with Crippen LogP contribution in [0.4, 0.5) is 5.82 Å². The van der Waals surface area contributed by atoms with Gasteiger partial charge in [0.1, 0.15) is 19.3 Å². The van der Waals surface area contributed by atoms with Crippen molar-refractivity contribution in [1.82, 2.24) is 9.55 Å². The molecule has 8 heteroatoms. The summed E-state index contributed by atoms with van der Waals surface area (Å²) in [6.07, 6.45) is 1.17. The number of benzene rings is 1. The first kappa shape index (κ1) is 15.0. The minimum absolute atomic E-state index is 0.0118. The van der Waals surface area contributed by atoms with Gasteiger partial charge in [-0.3, -0.25) is 0 Å². The molecule has 1 aromatic carbocycles. The van der Waals surface area contributed by atoms with Crippen LogP contribution < -0.4 is 0 Å². The third-order valence-corrected chi connectivity index (χ3v) is 3.19. The molecule has 0 N–H and O–H groups in total. The molecule has 0 spiro atoms. The summed E-state index contributed by atoms with van der Waals surface area (Å²) in [4.78, 5) is 26.0. The van der Waals surface area contributed by atoms with Crippen LogP contribution in [0.25, 0.3) is 0 Å². The van der Waals surface area contributed by atoms with Gasteiger partial charge in [-0.1, -0.05) is 23.7 Å². The van der Waals surface area contributed by atoms with Crippen molar-refractivity contribution in [2.24, 2.45) is 0 Å². The fraction of sp³-hybridized carbons (Fsp3) is 0.231. The van der Waals surface area contributed by atoms with Gasteiger partial charge >= 0.3 is 11.8 Å². The third kappa shape index (κ3) is 3.38. The van der Waals surface area contributed by atoms with Gasteiger partial charge in [-0.15, -0.1) is 0 Å². The third-order valence-electron chi connectivity index (χ3n) is 2.86. The van der Waals surface area contributed by atoms with E-state index in [0.717, 1.165) is 0 Å². The summed E-state index contributed by atoms with van der Waals surface area (Å²) in [7, 11) is 0. The minimum Gasteiger partial charge on any atom is -0.458 e. The second-order valence-corrected chi connectivity index (χ2v) is 4.60. The van der Waals surface area contributed by atoms with E-state index in [1.807, 2.05) is 0 Å². The van der Waals surface area contributed by atoms with Crippen LogP contribution >= 0.6 is 11.6 Å². The van der Waals surface area contributed by atoms with Gasteiger partial charge in [0.05, 0.1) is 10.6 Å². The Bertz CT molecular complexity index is 684. The molecule has 1 aromatic heterocycles. The zero-order chi connectivity index (χ0) is 15.4. The maximum Gasteiger partial charge on any atom is 0.342 e. The second kappa shape index (κ2) is 6.36. The number of esters is 1. The normalized spacial score (nSPS) is 10.4. The summed E-state index contributed by atoms with van der Waals surface area (Å²) < 4.78 is 6.45. The summed E-state index contributed by atoms with van der Waals surface area (Å²) >= 11 is 5.88. The smallest absolute Gasteiger partial charge is 0.342 e. The highest BCUT2D eigenvalue weighted by Gasteiger charge is 2.18. The largest absolute Gasteiger partial charge is 0.458 e. The van der Waals surface area contributed by atoms with E-state index in [0.29, 0.717) is 10.8 Å². The monoisotopic (exact) mass is 309 g/mol. The van der Waals surface area contributed by atoms with Crippen molar-refractivity contribution < 1.29 is 14.5 Å². The topological polar surface area (TPSA) is 87.3 Å². The predicted molar refractivity (Wildman–Crippen MR) is 75.4 cm³/mol. The van der Waals surface area contributed by atoms with Crippen LogP contribution in [-0.4, -0.2) is 27.1 Å². The van der Waals surface area contributed by atoms with Gasteiger partial charge < -0.3 is 14.9 Å². The average molecular weight is 310 g/mol. The predicted octanol–water partition coefficient (Wildman–Crippen LogP) is 2.61. The molecule has 1 heterocycles. The van der Waals surface area contributed by atoms with Gasteiger partial charge in [-0.2, -0.15) is 0 Å². The summed E-state index contributed by atoms with van der Waals surface area (Å²) in [6, 6.07) is 6.52. The zero-order valence-corrected chi connectivity index (χ0v) is 11.9. The molecular formula is C13H12ClN3O4. The molecule has 110 valence electrons. The Morgan fingerprint density at radius 2 is 2.19 bits per heavy atom. The highest BCUT2D eigenvalue weighted by atomic mass is 35.5. The van der Waals surface area contributed by atoms with E-state index in [-0.39, 0.29) is 24.5 Å². The van der Waals surface area contributed by atoms with E-state index in [1.54, 1.807) is 31.2 Å². The first-order chi connectivity index (χ1) is 10.0. The molecule has 2 rings (SSSR count). The fourth-order valence-electron chi connectivity index (χ4n) is 1.81. The van der Waals surface area contributed by atoms with Crippen LogP contribution in [-0.2, 0) is 11.3 Å². The van der Waals surface area contributed by atoms with Crippen LogP contribution in [0.5, 0.6) is 0 Å². The maximum absolute atomic E-state index is 11.8. The average Bonchev–Trinajstić information content (AvgIpc) is 2.81. The van der Waals surface area contributed by atoms with Crippen LogP contribution in [0, 0.1) is 17.0 Å². The van der Waals surface area contributed by atoms with Crippen molar-refractivity contribution >= 4 is 23.4 Å². The number of hydrogen-bond acceptors (Lipinski definition) is 5. The summed E-state index contributed by atoms with van der Waals surface area (Å²) in [5, 5.41) is 11.1. The number of aromatic nitrogens is 2. The lowest BCUT2D eigenvalue weighted by Gasteiger charge is -2.06. The first-order valence-corrected chi connectivity index (χ1v) is 6.46. The lowest BCUT2D eigenvalue weighted by Crippen LogP contribution is -2.14. The van der Waals surface area contributed by atoms with Crippen LogP contribution in [0.2, 0.25) is 5.02 Å². The molecule has 0 amide bonds. The molecular weight excluding hydrogens is 298 g/mol. The number of rotatable bonds is 5. The van der Waals surface area contributed by atoms with Crippen LogP contribution in [0.15, 0.2) is 30.5 Å². The molecule has 0 aliphatic heterocycles. The molecule has 0 saturated heterocycles. The number of imidazole rings is 1. The molecule has 0 unspecified atom stereocenters. The second-order valence-electron chi connectivity index (χ2n) is 4.19. The summed E-state index contributed by atoms with van der Waals surface area (Å²) in [6.45, 7) is 1.78. The molecule has 0 atom stereocenters. The highest BCUT2D eigenvalue weighted by Crippen LogP contribution is 2.16. The standard InChI is InChI=1S/C13H12ClN3O4/c1-9-15-8-12(17(19)20)16(9)6-7-21-13(18)10-4-2-3-5-11(10)14/h2-5,8H,6-7H2,1H3. The van der Waals surface area contributed by atoms with Gasteiger partial charge in [0.15, 0.2) is 5.82 Å². The van der Waals surface area contributed by atoms with E-state index >= 15 is 0 Å². The Morgan fingerprint density at radius 3 is 2.86 bits per heavy atom. The SMILES string of the molecule is Cc1ncc([N+](=O)[O-])n1CCOC(=O)c1ccccc1Cl. The van der Waals surface area contributed by atoms with Gasteiger partial charge in [-0.25, -0.2) is 14.3 Å². The van der Waals surface area contributed by atoms with Crippen molar-refractivity contribution in [3.8, 4) is 0 Å². The molecule has 0 radical (unpaired) electrons. The number of ether oxygens (including phenoxy) is 1. The molecule has 21 heavy (non-hydrogen) atoms. The number of hydrogen-bond donors (Lipinski definition) is 0. The maximum atomic E-state index is 11.8. The summed E-state index contributed by atoms with van der Waals surface area (Å²) in [5.74, 6) is -0.224. The van der Waals surface area contributed by atoms with Gasteiger partial charge in [-0.05, 0) is 17.1 Å². The van der Waals surface area contributed by atoms with Gasteiger partial charge in [0.25, 0.3) is 0 Å². The van der Waals surface area contributed by atoms with Crippen LogP contribution in [0.1, 0.15) is 16.2 Å². The van der Waals surface area contributed by atoms with Crippen molar-refractivity contribution in [3.05, 3.63) is 57.0 Å². The lowest BCUT2D eigenvalue weighted by molar-refractivity contribution is -0.392. The van der Waals surface area contributed by atoms with E-state index in [9.17, 15) is 14.9 Å². The lowest BCUT2D eigenvalue weighted by atomic mass is 10.2. The van der Waals surface area contributed by atoms with Crippen molar-refractivity contribution in [2.75, 3.05) is 6.61 Å². The molecule has 0 saturated carbocycles. The number of halogens is 1. The molecule has 7 nitrogen and oxygen atoms in total. The Labute approximate surface area is 125 Å². The van der Waals surface area contributed by atoms with Gasteiger partial charge in [0, 0.05) is 6.92 Å². The van der Waals surface area contributed by atoms with E-state index in [1.165, 1.54) is 10.8 Å². The number of carbonyl (C=O) groups is 1. The van der Waals surface area contributed by atoms with Crippen molar-refractivity contribution in [1.29, 1.82) is 0 Å². The molecule has 0 aliphatic carbocycles. The Hall–Kier alpha value is -2.41. The number of aryl methyl sites for hydroxylation is 1. The number of nitro groups is 1. The minimum atomic E-state index is -0.568. The van der Waals surface area contributed by atoms with E-state index in [4.69, 9.17) is 16.3 Å². The van der Waals surface area contributed by atoms with Crippen molar-refractivity contribution in [2.45, 2.75) is 13.5 Å². The molecule has 0 bridgehead atoms. The molecule has 2 aromatic rings. The van der Waals surface area contributed by atoms with E-state index < -0.39 is 10.9 Å². The summed E-state index contributed by atoms with van der Waals surface area (Å²) in [5.41, 5.74) is 0.260. The van der Waals surface area contributed by atoms with Crippen LogP contribution in [0.3, 0.4) is 0 Å². The molecule has 0 fully saturated rings. The quantitative estimate of drug-likeness (QED) is 0.481. The highest BCUT2D eigenvalue weighted by molar-refractivity contribution is 6.33. The van der Waals surface area contributed by atoms with Crippen molar-refractivity contribution in [3.63, 3.8) is 0 Å². The Kier molecular flexibility index (Phi) is 4.54. The first-order valence-electron chi connectivity index (χ1n) is 6.09. The Morgan fingerprint density at radius 1 is 1.48 bits per heavy atom. The zero-order valence-electron chi connectivity index (χ0n) is 11.2. The Balaban J connectivity index is 1.99. The van der Waals surface area contributed by atoms with E-state index in [2.05, 4.69) is 4.98 Å². The number of nitrogens with zero attached hydrogens (tertiary/aromatic N) is 3.